The average Bonchev–Trinajstić information content (AvgIpc) is 3.10. The number of carbonyl (C=O) groups is 1. The van der Waals surface area contributed by atoms with Crippen molar-refractivity contribution in [1.82, 2.24) is 30.5 Å². The molecule has 0 aliphatic rings. The molecule has 1 aromatic heterocycles. The molecule has 0 saturated heterocycles. The van der Waals surface area contributed by atoms with E-state index in [9.17, 15) is 13.2 Å². The molecule has 10 heteroatoms. The van der Waals surface area contributed by atoms with Gasteiger partial charge in [0.2, 0.25) is 5.82 Å². The van der Waals surface area contributed by atoms with E-state index < -0.39 is 15.9 Å². The van der Waals surface area contributed by atoms with Gasteiger partial charge in [0.15, 0.2) is 0 Å². The number of aryl methyl sites for hydroxylation is 1. The Morgan fingerprint density at radius 2 is 1.77 bits per heavy atom. The normalized spacial score (nSPS) is 11.3. The standard InChI is InChI=1S/C16H16N6O3S/c1-12-7-9-14(10-8-12)26(24,25)21-17-15(23)11-22-19-16(18-20-22)13-5-3-2-4-6-13/h2-10,21H,11H2,1H3,(H,17,23). The van der Waals surface area contributed by atoms with Crippen molar-refractivity contribution in [1.29, 1.82) is 0 Å². The fraction of sp³-hybridized carbons (Fsp3) is 0.125. The van der Waals surface area contributed by atoms with Crippen LogP contribution in [-0.4, -0.2) is 34.5 Å². The maximum absolute atomic E-state index is 12.1. The molecule has 0 fully saturated rings. The number of benzene rings is 2. The van der Waals surface area contributed by atoms with Gasteiger partial charge in [0.1, 0.15) is 6.54 Å². The summed E-state index contributed by atoms with van der Waals surface area (Å²) >= 11 is 0. The lowest BCUT2D eigenvalue weighted by Crippen LogP contribution is -2.43. The van der Waals surface area contributed by atoms with E-state index in [1.54, 1.807) is 12.1 Å². The second-order valence-electron chi connectivity index (χ2n) is 5.48. The van der Waals surface area contributed by atoms with Gasteiger partial charge >= 0.3 is 0 Å². The molecule has 1 amide bonds. The van der Waals surface area contributed by atoms with Crippen molar-refractivity contribution in [2.75, 3.05) is 0 Å². The first kappa shape index (κ1) is 17.7. The minimum atomic E-state index is -3.85. The van der Waals surface area contributed by atoms with Crippen molar-refractivity contribution >= 4 is 15.9 Å². The fourth-order valence-corrected chi connectivity index (χ4v) is 2.94. The molecule has 0 aliphatic heterocycles. The molecule has 134 valence electrons. The Hall–Kier alpha value is -3.11. The lowest BCUT2D eigenvalue weighted by Gasteiger charge is -2.08. The molecule has 9 nitrogen and oxygen atoms in total. The van der Waals surface area contributed by atoms with E-state index in [0.29, 0.717) is 5.82 Å². The maximum atomic E-state index is 12.1. The predicted molar refractivity (Wildman–Crippen MR) is 92.9 cm³/mol. The lowest BCUT2D eigenvalue weighted by atomic mass is 10.2. The Bertz CT molecular complexity index is 1000. The van der Waals surface area contributed by atoms with Crippen molar-refractivity contribution in [2.24, 2.45) is 0 Å². The zero-order valence-corrected chi connectivity index (χ0v) is 14.6. The zero-order valence-electron chi connectivity index (χ0n) is 13.8. The van der Waals surface area contributed by atoms with E-state index in [2.05, 4.69) is 20.8 Å². The van der Waals surface area contributed by atoms with Crippen LogP contribution in [0.3, 0.4) is 0 Å². The minimum Gasteiger partial charge on any atom is -0.276 e. The van der Waals surface area contributed by atoms with E-state index >= 15 is 0 Å². The number of rotatable bonds is 6. The number of carbonyl (C=O) groups excluding carboxylic acids is 1. The molecule has 0 radical (unpaired) electrons. The highest BCUT2D eigenvalue weighted by atomic mass is 32.2. The Labute approximate surface area is 150 Å². The lowest BCUT2D eigenvalue weighted by molar-refractivity contribution is -0.122. The van der Waals surface area contributed by atoms with Crippen molar-refractivity contribution in [3.8, 4) is 11.4 Å². The molecule has 26 heavy (non-hydrogen) atoms. The molecule has 1 heterocycles. The molecular formula is C16H16N6O3S. The topological polar surface area (TPSA) is 119 Å². The van der Waals surface area contributed by atoms with Crippen LogP contribution in [0, 0.1) is 6.92 Å². The van der Waals surface area contributed by atoms with Crippen LogP contribution in [0.25, 0.3) is 11.4 Å². The van der Waals surface area contributed by atoms with Gasteiger partial charge in [-0.2, -0.15) is 4.80 Å². The third kappa shape index (κ3) is 4.29. The van der Waals surface area contributed by atoms with E-state index in [-0.39, 0.29) is 11.4 Å². The average molecular weight is 372 g/mol. The molecule has 3 aromatic rings. The first-order valence-corrected chi connectivity index (χ1v) is 9.13. The monoisotopic (exact) mass is 372 g/mol. The number of amides is 1. The van der Waals surface area contributed by atoms with Crippen molar-refractivity contribution in [2.45, 2.75) is 18.4 Å². The summed E-state index contributed by atoms with van der Waals surface area (Å²) in [6.07, 6.45) is 0. The largest absolute Gasteiger partial charge is 0.276 e. The van der Waals surface area contributed by atoms with Crippen LogP contribution in [0.4, 0.5) is 0 Å². The number of tetrazole rings is 1. The van der Waals surface area contributed by atoms with Gasteiger partial charge in [0.25, 0.3) is 15.9 Å². The van der Waals surface area contributed by atoms with E-state index in [1.807, 2.05) is 42.1 Å². The Morgan fingerprint density at radius 1 is 1.08 bits per heavy atom. The molecule has 0 saturated carbocycles. The first-order chi connectivity index (χ1) is 12.4. The molecule has 2 aromatic carbocycles. The summed E-state index contributed by atoms with van der Waals surface area (Å²) in [4.78, 5) is 15.1. The molecule has 3 rings (SSSR count). The summed E-state index contributed by atoms with van der Waals surface area (Å²) in [7, 11) is -3.85. The summed E-state index contributed by atoms with van der Waals surface area (Å²) < 4.78 is 24.2. The maximum Gasteiger partial charge on any atom is 0.258 e. The zero-order chi connectivity index (χ0) is 18.6. The number of aromatic nitrogens is 4. The second-order valence-corrected chi connectivity index (χ2v) is 7.16. The third-order valence-electron chi connectivity index (χ3n) is 3.43. The van der Waals surface area contributed by atoms with Crippen molar-refractivity contribution < 1.29 is 13.2 Å². The van der Waals surface area contributed by atoms with Gasteiger partial charge in [0.05, 0.1) is 4.90 Å². The molecular weight excluding hydrogens is 356 g/mol. The van der Waals surface area contributed by atoms with Crippen LogP contribution in [0.1, 0.15) is 5.56 Å². The van der Waals surface area contributed by atoms with Crippen LogP contribution in [0.15, 0.2) is 59.5 Å². The predicted octanol–water partition coefficient (Wildman–Crippen LogP) is 0.658. The minimum absolute atomic E-state index is 0.0497. The van der Waals surface area contributed by atoms with Crippen LogP contribution in [0.5, 0.6) is 0 Å². The number of nitrogens with zero attached hydrogens (tertiary/aromatic N) is 4. The Balaban J connectivity index is 1.59. The smallest absolute Gasteiger partial charge is 0.258 e. The SMILES string of the molecule is Cc1ccc(S(=O)(=O)NNC(=O)Cn2nnc(-c3ccccc3)n2)cc1. The third-order valence-corrected chi connectivity index (χ3v) is 4.69. The number of sulfonamides is 1. The summed E-state index contributed by atoms with van der Waals surface area (Å²) in [6.45, 7) is 1.57. The van der Waals surface area contributed by atoms with Gasteiger partial charge < -0.3 is 0 Å². The summed E-state index contributed by atoms with van der Waals surface area (Å²) in [5.74, 6) is -0.253. The summed E-state index contributed by atoms with van der Waals surface area (Å²) in [5, 5.41) is 11.7. The van der Waals surface area contributed by atoms with Gasteiger partial charge in [-0.25, -0.2) is 8.42 Å². The molecule has 0 aliphatic carbocycles. The highest BCUT2D eigenvalue weighted by Gasteiger charge is 2.15. The van der Waals surface area contributed by atoms with Crippen LogP contribution < -0.4 is 10.3 Å². The molecule has 0 bridgehead atoms. The summed E-state index contributed by atoms with van der Waals surface area (Å²) in [5.41, 5.74) is 3.82. The Morgan fingerprint density at radius 3 is 2.46 bits per heavy atom. The van der Waals surface area contributed by atoms with E-state index in [0.717, 1.165) is 15.9 Å². The van der Waals surface area contributed by atoms with Crippen molar-refractivity contribution in [3.05, 3.63) is 60.2 Å². The highest BCUT2D eigenvalue weighted by molar-refractivity contribution is 7.89. The summed E-state index contributed by atoms with van der Waals surface area (Å²) in [6, 6.07) is 15.4. The van der Waals surface area contributed by atoms with Crippen LogP contribution in [-0.2, 0) is 21.4 Å². The van der Waals surface area contributed by atoms with Gasteiger partial charge in [-0.1, -0.05) is 48.0 Å². The molecule has 2 N–H and O–H groups in total. The van der Waals surface area contributed by atoms with Crippen LogP contribution >= 0.6 is 0 Å². The highest BCUT2D eigenvalue weighted by Crippen LogP contribution is 2.11. The quantitative estimate of drug-likeness (QED) is 0.614. The molecule has 0 atom stereocenters. The van der Waals surface area contributed by atoms with Crippen molar-refractivity contribution in [3.63, 3.8) is 0 Å². The first-order valence-electron chi connectivity index (χ1n) is 7.64. The molecule has 0 spiro atoms. The molecule has 0 unspecified atom stereocenters. The van der Waals surface area contributed by atoms with Gasteiger partial charge in [0, 0.05) is 5.56 Å². The van der Waals surface area contributed by atoms with E-state index in [1.165, 1.54) is 12.1 Å². The van der Waals surface area contributed by atoms with Gasteiger partial charge in [-0.05, 0) is 24.3 Å². The van der Waals surface area contributed by atoms with Gasteiger partial charge in [-0.15, -0.1) is 15.0 Å². The van der Waals surface area contributed by atoms with Crippen LogP contribution in [0.2, 0.25) is 0 Å². The van der Waals surface area contributed by atoms with Gasteiger partial charge in [-0.3, -0.25) is 10.2 Å². The fourth-order valence-electron chi connectivity index (χ4n) is 2.08. The number of hydrazine groups is 1. The number of hydrogen-bond acceptors (Lipinski definition) is 6. The second kappa shape index (κ2) is 7.42. The number of nitrogens with one attached hydrogen (secondary N) is 2. The Kier molecular flexibility index (Phi) is 5.05. The number of hydrogen-bond donors (Lipinski definition) is 2. The van der Waals surface area contributed by atoms with E-state index in [4.69, 9.17) is 0 Å².